The standard InChI is InChI=1S/C21H33N3O3/c1-16-7-4-5-13-24(16)14-6-12-22-21(26)15-20(23-17(2)25)18-8-10-19(27-3)11-9-18/h8-11,16,20H,4-7,12-15H2,1-3H3,(H,22,26)(H,23,25). The first-order valence-electron chi connectivity index (χ1n) is 9.91. The van der Waals surface area contributed by atoms with Crippen molar-refractivity contribution in [3.05, 3.63) is 29.8 Å². The molecule has 2 amide bonds. The van der Waals surface area contributed by atoms with Crippen LogP contribution in [0.15, 0.2) is 24.3 Å². The maximum absolute atomic E-state index is 12.3. The number of ether oxygens (including phenoxy) is 1. The van der Waals surface area contributed by atoms with Crippen LogP contribution in [0.5, 0.6) is 5.75 Å². The minimum atomic E-state index is -0.337. The maximum atomic E-state index is 12.3. The van der Waals surface area contributed by atoms with Gasteiger partial charge in [0.1, 0.15) is 5.75 Å². The Bertz CT molecular complexity index is 603. The number of nitrogens with one attached hydrogen (secondary N) is 2. The molecule has 6 nitrogen and oxygen atoms in total. The van der Waals surface area contributed by atoms with Gasteiger partial charge in [0, 0.05) is 26.1 Å². The fourth-order valence-electron chi connectivity index (χ4n) is 3.59. The Morgan fingerprint density at radius 3 is 2.63 bits per heavy atom. The summed E-state index contributed by atoms with van der Waals surface area (Å²) < 4.78 is 5.16. The second-order valence-corrected chi connectivity index (χ2v) is 7.31. The van der Waals surface area contributed by atoms with Crippen molar-refractivity contribution in [3.63, 3.8) is 0 Å². The van der Waals surface area contributed by atoms with Crippen LogP contribution in [-0.2, 0) is 9.59 Å². The van der Waals surface area contributed by atoms with Gasteiger partial charge in [0.15, 0.2) is 0 Å². The van der Waals surface area contributed by atoms with Crippen molar-refractivity contribution in [2.45, 2.75) is 58.0 Å². The summed E-state index contributed by atoms with van der Waals surface area (Å²) in [5, 5.41) is 5.86. The molecule has 27 heavy (non-hydrogen) atoms. The lowest BCUT2D eigenvalue weighted by Gasteiger charge is -2.33. The van der Waals surface area contributed by atoms with Gasteiger partial charge < -0.3 is 20.3 Å². The van der Waals surface area contributed by atoms with Crippen LogP contribution in [0, 0.1) is 0 Å². The fraction of sp³-hybridized carbons (Fsp3) is 0.619. The average molecular weight is 376 g/mol. The molecule has 2 rings (SSSR count). The molecular formula is C21H33N3O3. The van der Waals surface area contributed by atoms with Gasteiger partial charge >= 0.3 is 0 Å². The molecule has 1 aliphatic rings. The summed E-state index contributed by atoms with van der Waals surface area (Å²) in [7, 11) is 1.61. The molecule has 0 spiro atoms. The Morgan fingerprint density at radius 2 is 2.00 bits per heavy atom. The summed E-state index contributed by atoms with van der Waals surface area (Å²) in [4.78, 5) is 26.4. The molecule has 1 aromatic carbocycles. The molecule has 0 radical (unpaired) electrons. The van der Waals surface area contributed by atoms with E-state index in [2.05, 4.69) is 22.5 Å². The first kappa shape index (κ1) is 21.2. The van der Waals surface area contributed by atoms with Crippen LogP contribution in [0.1, 0.15) is 57.6 Å². The molecular weight excluding hydrogens is 342 g/mol. The fourth-order valence-corrected chi connectivity index (χ4v) is 3.59. The first-order valence-corrected chi connectivity index (χ1v) is 9.91. The second kappa shape index (κ2) is 10.9. The quantitative estimate of drug-likeness (QED) is 0.651. The number of rotatable bonds is 9. The van der Waals surface area contributed by atoms with Crippen LogP contribution in [0.4, 0.5) is 0 Å². The molecule has 1 fully saturated rings. The Labute approximate surface area is 162 Å². The van der Waals surface area contributed by atoms with Crippen molar-refractivity contribution in [3.8, 4) is 5.75 Å². The molecule has 1 heterocycles. The lowest BCUT2D eigenvalue weighted by atomic mass is 10.0. The van der Waals surface area contributed by atoms with Gasteiger partial charge in [-0.2, -0.15) is 0 Å². The van der Waals surface area contributed by atoms with E-state index in [9.17, 15) is 9.59 Å². The van der Waals surface area contributed by atoms with Crippen molar-refractivity contribution in [2.75, 3.05) is 26.7 Å². The van der Waals surface area contributed by atoms with Crippen molar-refractivity contribution in [1.29, 1.82) is 0 Å². The molecule has 0 bridgehead atoms. The highest BCUT2D eigenvalue weighted by Gasteiger charge is 2.19. The summed E-state index contributed by atoms with van der Waals surface area (Å²) in [5.74, 6) is 0.552. The van der Waals surface area contributed by atoms with Gasteiger partial charge in [-0.1, -0.05) is 18.6 Å². The number of hydrogen-bond acceptors (Lipinski definition) is 4. The van der Waals surface area contributed by atoms with Crippen LogP contribution in [-0.4, -0.2) is 49.5 Å². The van der Waals surface area contributed by atoms with Gasteiger partial charge in [-0.15, -0.1) is 0 Å². The Morgan fingerprint density at radius 1 is 1.26 bits per heavy atom. The summed E-state index contributed by atoms with van der Waals surface area (Å²) >= 11 is 0. The second-order valence-electron chi connectivity index (χ2n) is 7.31. The van der Waals surface area contributed by atoms with E-state index in [0.717, 1.165) is 30.8 Å². The first-order chi connectivity index (χ1) is 13.0. The van der Waals surface area contributed by atoms with E-state index in [1.165, 1.54) is 26.2 Å². The molecule has 2 N–H and O–H groups in total. The Balaban J connectivity index is 1.79. The van der Waals surface area contributed by atoms with Crippen molar-refractivity contribution < 1.29 is 14.3 Å². The number of carbonyl (C=O) groups excluding carboxylic acids is 2. The molecule has 1 aliphatic heterocycles. The summed E-state index contributed by atoms with van der Waals surface area (Å²) in [6.45, 7) is 6.60. The van der Waals surface area contributed by atoms with Gasteiger partial charge in [-0.25, -0.2) is 0 Å². The molecule has 0 aromatic heterocycles. The monoisotopic (exact) mass is 375 g/mol. The number of carbonyl (C=O) groups is 2. The molecule has 150 valence electrons. The summed E-state index contributed by atoms with van der Waals surface area (Å²) in [6, 6.07) is 7.74. The highest BCUT2D eigenvalue weighted by atomic mass is 16.5. The van der Waals surface area contributed by atoms with Gasteiger partial charge in [0.25, 0.3) is 0 Å². The van der Waals surface area contributed by atoms with Gasteiger partial charge in [0.2, 0.25) is 11.8 Å². The Kier molecular flexibility index (Phi) is 8.58. The lowest BCUT2D eigenvalue weighted by molar-refractivity contribution is -0.122. The third kappa shape index (κ3) is 7.21. The molecule has 1 aromatic rings. The molecule has 1 saturated heterocycles. The van der Waals surface area contributed by atoms with Crippen molar-refractivity contribution >= 4 is 11.8 Å². The highest BCUT2D eigenvalue weighted by Crippen LogP contribution is 2.20. The zero-order chi connectivity index (χ0) is 19.6. The number of benzene rings is 1. The largest absolute Gasteiger partial charge is 0.497 e. The number of methoxy groups -OCH3 is 1. The molecule has 0 aliphatic carbocycles. The SMILES string of the molecule is COc1ccc(C(CC(=O)NCCCN2CCCCC2C)NC(C)=O)cc1. The van der Waals surface area contributed by atoms with Crippen LogP contribution in [0.2, 0.25) is 0 Å². The van der Waals surface area contributed by atoms with E-state index >= 15 is 0 Å². The van der Waals surface area contributed by atoms with E-state index in [0.29, 0.717) is 12.6 Å². The third-order valence-electron chi connectivity index (χ3n) is 5.17. The van der Waals surface area contributed by atoms with E-state index in [1.54, 1.807) is 7.11 Å². The number of amides is 2. The van der Waals surface area contributed by atoms with Gasteiger partial charge in [-0.3, -0.25) is 9.59 Å². The zero-order valence-corrected chi connectivity index (χ0v) is 16.8. The van der Waals surface area contributed by atoms with Crippen LogP contribution in [0.25, 0.3) is 0 Å². The van der Waals surface area contributed by atoms with Gasteiger partial charge in [-0.05, 0) is 50.4 Å². The maximum Gasteiger partial charge on any atom is 0.222 e. The van der Waals surface area contributed by atoms with Gasteiger partial charge in [0.05, 0.1) is 19.6 Å². The van der Waals surface area contributed by atoms with E-state index in [1.807, 2.05) is 24.3 Å². The molecule has 6 heteroatoms. The summed E-state index contributed by atoms with van der Waals surface area (Å²) in [5.41, 5.74) is 0.892. The average Bonchev–Trinajstić information content (AvgIpc) is 2.66. The topological polar surface area (TPSA) is 70.7 Å². The zero-order valence-electron chi connectivity index (χ0n) is 16.8. The normalized spacial score (nSPS) is 18.6. The number of hydrogen-bond donors (Lipinski definition) is 2. The van der Waals surface area contributed by atoms with Crippen LogP contribution >= 0.6 is 0 Å². The van der Waals surface area contributed by atoms with E-state index < -0.39 is 0 Å². The Hall–Kier alpha value is -2.08. The van der Waals surface area contributed by atoms with Crippen LogP contribution < -0.4 is 15.4 Å². The minimum absolute atomic E-state index is 0.0451. The lowest BCUT2D eigenvalue weighted by Crippen LogP contribution is -2.39. The smallest absolute Gasteiger partial charge is 0.222 e. The molecule has 2 unspecified atom stereocenters. The predicted octanol–water partition coefficient (Wildman–Crippen LogP) is 2.64. The highest BCUT2D eigenvalue weighted by molar-refractivity contribution is 5.79. The van der Waals surface area contributed by atoms with E-state index in [4.69, 9.17) is 4.74 Å². The minimum Gasteiger partial charge on any atom is -0.497 e. The van der Waals surface area contributed by atoms with Crippen molar-refractivity contribution in [1.82, 2.24) is 15.5 Å². The van der Waals surface area contributed by atoms with Crippen molar-refractivity contribution in [2.24, 2.45) is 0 Å². The number of likely N-dealkylation sites (tertiary alicyclic amines) is 1. The summed E-state index contributed by atoms with van der Waals surface area (Å²) in [6.07, 6.45) is 5.04. The number of piperidine rings is 1. The molecule has 2 atom stereocenters. The number of nitrogens with zero attached hydrogens (tertiary/aromatic N) is 1. The predicted molar refractivity (Wildman–Crippen MR) is 107 cm³/mol. The van der Waals surface area contributed by atoms with Crippen LogP contribution in [0.3, 0.4) is 0 Å². The molecule has 0 saturated carbocycles. The van der Waals surface area contributed by atoms with E-state index in [-0.39, 0.29) is 24.3 Å². The third-order valence-corrected chi connectivity index (χ3v) is 5.17.